The van der Waals surface area contributed by atoms with Gasteiger partial charge in [-0.1, -0.05) is 18.2 Å². The van der Waals surface area contributed by atoms with E-state index in [1.807, 2.05) is 57.3 Å². The molecule has 1 unspecified atom stereocenters. The van der Waals surface area contributed by atoms with Crippen molar-refractivity contribution < 1.29 is 9.21 Å². The molecule has 0 saturated heterocycles. The molecule has 28 heavy (non-hydrogen) atoms. The molecule has 0 bridgehead atoms. The fourth-order valence-electron chi connectivity index (χ4n) is 3.79. The number of hydrogen-bond acceptors (Lipinski definition) is 4. The minimum absolute atomic E-state index is 0.127. The molecular formula is C22H22N4O2. The Labute approximate surface area is 162 Å². The zero-order chi connectivity index (χ0) is 19.4. The Morgan fingerprint density at radius 2 is 2.07 bits per heavy atom. The largest absolute Gasteiger partial charge is 0.459 e. The van der Waals surface area contributed by atoms with E-state index in [2.05, 4.69) is 10.4 Å². The molecule has 1 saturated carbocycles. The van der Waals surface area contributed by atoms with E-state index in [0.29, 0.717) is 11.5 Å². The third-order valence-electron chi connectivity index (χ3n) is 5.45. The standard InChI is InChI=1S/C22H22N4O2/c1-12(19-10-15-6-4-5-7-18(15)28-19)23-22(27)16-11-17(14-8-9-14)24-21-20(16)13(2)25-26(21)3/h4-7,10-12,14H,8-9H2,1-3H3,(H,23,27). The first-order chi connectivity index (χ1) is 13.5. The minimum atomic E-state index is -0.246. The van der Waals surface area contributed by atoms with Crippen molar-refractivity contribution in [1.82, 2.24) is 20.1 Å². The Balaban J connectivity index is 1.51. The number of hydrogen-bond donors (Lipinski definition) is 1. The monoisotopic (exact) mass is 374 g/mol. The number of carbonyl (C=O) groups is 1. The molecule has 0 aliphatic heterocycles. The number of furan rings is 1. The van der Waals surface area contributed by atoms with E-state index in [4.69, 9.17) is 9.40 Å². The lowest BCUT2D eigenvalue weighted by molar-refractivity contribution is 0.0937. The van der Waals surface area contributed by atoms with Gasteiger partial charge in [-0.3, -0.25) is 9.48 Å². The summed E-state index contributed by atoms with van der Waals surface area (Å²) in [6, 6.07) is 11.5. The second-order valence-electron chi connectivity index (χ2n) is 7.66. The summed E-state index contributed by atoms with van der Waals surface area (Å²) in [5.74, 6) is 1.07. The van der Waals surface area contributed by atoms with E-state index in [-0.39, 0.29) is 11.9 Å². The topological polar surface area (TPSA) is 73.0 Å². The highest BCUT2D eigenvalue weighted by Crippen LogP contribution is 2.40. The first-order valence-corrected chi connectivity index (χ1v) is 9.65. The molecule has 1 aliphatic carbocycles. The second-order valence-corrected chi connectivity index (χ2v) is 7.66. The molecule has 1 aliphatic rings. The smallest absolute Gasteiger partial charge is 0.252 e. The van der Waals surface area contributed by atoms with Crippen molar-refractivity contribution in [2.75, 3.05) is 0 Å². The van der Waals surface area contributed by atoms with Gasteiger partial charge in [-0.2, -0.15) is 5.10 Å². The Hall–Kier alpha value is -3.15. The maximum absolute atomic E-state index is 13.2. The van der Waals surface area contributed by atoms with Gasteiger partial charge in [0.2, 0.25) is 0 Å². The molecule has 142 valence electrons. The van der Waals surface area contributed by atoms with Gasteiger partial charge < -0.3 is 9.73 Å². The van der Waals surface area contributed by atoms with Crippen LogP contribution in [-0.2, 0) is 7.05 Å². The van der Waals surface area contributed by atoms with Crippen molar-refractivity contribution in [3.8, 4) is 0 Å². The number of amides is 1. The fourth-order valence-corrected chi connectivity index (χ4v) is 3.79. The van der Waals surface area contributed by atoms with E-state index in [9.17, 15) is 4.79 Å². The van der Waals surface area contributed by atoms with Gasteiger partial charge in [0.1, 0.15) is 11.3 Å². The van der Waals surface area contributed by atoms with Crippen LogP contribution in [0.3, 0.4) is 0 Å². The molecule has 3 aromatic heterocycles. The molecule has 1 aromatic carbocycles. The summed E-state index contributed by atoms with van der Waals surface area (Å²) in [6.45, 7) is 3.85. The van der Waals surface area contributed by atoms with Crippen LogP contribution in [0, 0.1) is 6.92 Å². The van der Waals surface area contributed by atoms with Gasteiger partial charge in [0.25, 0.3) is 5.91 Å². The average Bonchev–Trinajstić information content (AvgIpc) is 3.37. The summed E-state index contributed by atoms with van der Waals surface area (Å²) >= 11 is 0. The molecule has 5 rings (SSSR count). The molecule has 0 spiro atoms. The maximum Gasteiger partial charge on any atom is 0.252 e. The first-order valence-electron chi connectivity index (χ1n) is 9.65. The molecule has 1 fully saturated rings. The van der Waals surface area contributed by atoms with Gasteiger partial charge in [-0.05, 0) is 44.9 Å². The lowest BCUT2D eigenvalue weighted by atomic mass is 10.1. The van der Waals surface area contributed by atoms with Crippen molar-refractivity contribution in [2.45, 2.75) is 38.6 Å². The number of para-hydroxylation sites is 1. The van der Waals surface area contributed by atoms with Crippen LogP contribution >= 0.6 is 0 Å². The lowest BCUT2D eigenvalue weighted by Crippen LogP contribution is -2.27. The number of aromatic nitrogens is 3. The van der Waals surface area contributed by atoms with E-state index < -0.39 is 0 Å². The van der Waals surface area contributed by atoms with Gasteiger partial charge in [0.15, 0.2) is 5.65 Å². The Morgan fingerprint density at radius 1 is 1.29 bits per heavy atom. The third kappa shape index (κ3) is 2.76. The zero-order valence-electron chi connectivity index (χ0n) is 16.2. The van der Waals surface area contributed by atoms with E-state index in [0.717, 1.165) is 52.0 Å². The zero-order valence-corrected chi connectivity index (χ0v) is 16.2. The number of nitrogens with one attached hydrogen (secondary N) is 1. The van der Waals surface area contributed by atoms with Crippen LogP contribution < -0.4 is 5.32 Å². The minimum Gasteiger partial charge on any atom is -0.459 e. The Bertz CT molecular complexity index is 1180. The SMILES string of the molecule is Cc1nn(C)c2nc(C3CC3)cc(C(=O)NC(C)c3cc4ccccc4o3)c12. The highest BCUT2D eigenvalue weighted by atomic mass is 16.3. The molecule has 4 aromatic rings. The van der Waals surface area contributed by atoms with Gasteiger partial charge in [-0.25, -0.2) is 4.98 Å². The molecular weight excluding hydrogens is 352 g/mol. The van der Waals surface area contributed by atoms with Gasteiger partial charge >= 0.3 is 0 Å². The number of nitrogens with zero attached hydrogens (tertiary/aromatic N) is 3. The summed E-state index contributed by atoms with van der Waals surface area (Å²) < 4.78 is 7.67. The predicted molar refractivity (Wildman–Crippen MR) is 107 cm³/mol. The van der Waals surface area contributed by atoms with E-state index in [1.165, 1.54) is 0 Å². The first kappa shape index (κ1) is 17.0. The van der Waals surface area contributed by atoms with E-state index >= 15 is 0 Å². The Morgan fingerprint density at radius 3 is 2.82 bits per heavy atom. The molecule has 1 atom stereocenters. The molecule has 6 heteroatoms. The summed E-state index contributed by atoms with van der Waals surface area (Å²) in [7, 11) is 1.87. The fraction of sp³-hybridized carbons (Fsp3) is 0.318. The van der Waals surface area contributed by atoms with Crippen LogP contribution in [0.4, 0.5) is 0 Å². The van der Waals surface area contributed by atoms with Crippen LogP contribution in [0.15, 0.2) is 40.8 Å². The number of fused-ring (bicyclic) bond motifs is 2. The maximum atomic E-state index is 13.2. The molecule has 3 heterocycles. The predicted octanol–water partition coefficient (Wildman–Crippen LogP) is 4.39. The number of carbonyl (C=O) groups excluding carboxylic acids is 1. The van der Waals surface area contributed by atoms with E-state index in [1.54, 1.807) is 4.68 Å². The van der Waals surface area contributed by atoms with Crippen molar-refractivity contribution in [3.63, 3.8) is 0 Å². The average molecular weight is 374 g/mol. The van der Waals surface area contributed by atoms with Crippen molar-refractivity contribution in [1.29, 1.82) is 0 Å². The number of pyridine rings is 1. The van der Waals surface area contributed by atoms with Crippen LogP contribution in [0.5, 0.6) is 0 Å². The van der Waals surface area contributed by atoms with Crippen molar-refractivity contribution >= 4 is 27.9 Å². The summed E-state index contributed by atoms with van der Waals surface area (Å²) in [4.78, 5) is 18.0. The van der Waals surface area contributed by atoms with Crippen LogP contribution in [-0.4, -0.2) is 20.7 Å². The summed E-state index contributed by atoms with van der Waals surface area (Å²) in [5, 5.41) is 9.42. The lowest BCUT2D eigenvalue weighted by Gasteiger charge is -2.13. The van der Waals surface area contributed by atoms with Crippen LogP contribution in [0.1, 0.15) is 59.2 Å². The number of rotatable bonds is 4. The normalized spacial score (nSPS) is 15.2. The van der Waals surface area contributed by atoms with Crippen molar-refractivity contribution in [3.05, 3.63) is 59.1 Å². The Kier molecular flexibility index (Phi) is 3.75. The second kappa shape index (κ2) is 6.19. The summed E-state index contributed by atoms with van der Waals surface area (Å²) in [5.41, 5.74) is 4.03. The van der Waals surface area contributed by atoms with Gasteiger partial charge in [-0.15, -0.1) is 0 Å². The number of benzene rings is 1. The highest BCUT2D eigenvalue weighted by molar-refractivity contribution is 6.06. The molecule has 1 amide bonds. The quantitative estimate of drug-likeness (QED) is 0.575. The summed E-state index contributed by atoms with van der Waals surface area (Å²) in [6.07, 6.45) is 2.26. The highest BCUT2D eigenvalue weighted by Gasteiger charge is 2.29. The van der Waals surface area contributed by atoms with Gasteiger partial charge in [0, 0.05) is 24.0 Å². The van der Waals surface area contributed by atoms with Crippen molar-refractivity contribution in [2.24, 2.45) is 7.05 Å². The molecule has 1 N–H and O–H groups in total. The number of aryl methyl sites for hydroxylation is 2. The van der Waals surface area contributed by atoms with Crippen LogP contribution in [0.25, 0.3) is 22.0 Å². The third-order valence-corrected chi connectivity index (χ3v) is 5.45. The molecule has 6 nitrogen and oxygen atoms in total. The molecule has 0 radical (unpaired) electrons. The van der Waals surface area contributed by atoms with Crippen LogP contribution in [0.2, 0.25) is 0 Å². The van der Waals surface area contributed by atoms with Gasteiger partial charge in [0.05, 0.1) is 22.7 Å².